The maximum Gasteiger partial charge on any atom is 0.573 e. The number of hydrogen-bond acceptors (Lipinski definition) is 5. The zero-order valence-corrected chi connectivity index (χ0v) is 14.7. The predicted octanol–water partition coefficient (Wildman–Crippen LogP) is 4.29. The molecular formula is C19H13F4N3O3. The summed E-state index contributed by atoms with van der Waals surface area (Å²) in [6.07, 6.45) is -4.68. The van der Waals surface area contributed by atoms with E-state index in [0.29, 0.717) is 5.69 Å². The van der Waals surface area contributed by atoms with Crippen molar-refractivity contribution in [3.8, 4) is 17.2 Å². The maximum absolute atomic E-state index is 13.1. The fraction of sp³-hybridized carbons (Fsp3) is 0.211. The normalized spacial score (nSPS) is 17.0. The van der Waals surface area contributed by atoms with E-state index in [4.69, 9.17) is 4.52 Å². The number of nitrogens with zero attached hydrogens (tertiary/aromatic N) is 3. The molecule has 3 aromatic rings. The molecule has 0 N–H and O–H groups in total. The molecule has 1 fully saturated rings. The van der Waals surface area contributed by atoms with Crippen molar-refractivity contribution in [2.45, 2.75) is 18.7 Å². The molecule has 29 heavy (non-hydrogen) atoms. The van der Waals surface area contributed by atoms with Gasteiger partial charge in [-0.05, 0) is 42.5 Å². The van der Waals surface area contributed by atoms with E-state index in [1.807, 2.05) is 0 Å². The van der Waals surface area contributed by atoms with Gasteiger partial charge in [0.1, 0.15) is 11.6 Å². The second-order valence-corrected chi connectivity index (χ2v) is 6.42. The molecule has 1 atom stereocenters. The Balaban J connectivity index is 1.52. The van der Waals surface area contributed by atoms with Gasteiger partial charge in [0, 0.05) is 30.1 Å². The summed E-state index contributed by atoms with van der Waals surface area (Å²) in [5.41, 5.74) is 0.810. The Morgan fingerprint density at radius 1 is 1.14 bits per heavy atom. The van der Waals surface area contributed by atoms with Gasteiger partial charge in [-0.1, -0.05) is 11.2 Å². The first-order valence-corrected chi connectivity index (χ1v) is 8.54. The van der Waals surface area contributed by atoms with Crippen molar-refractivity contribution < 1.29 is 31.6 Å². The molecule has 2 heterocycles. The second kappa shape index (κ2) is 7.19. The van der Waals surface area contributed by atoms with Crippen LogP contribution < -0.4 is 9.64 Å². The van der Waals surface area contributed by atoms with Crippen LogP contribution in [0.2, 0.25) is 0 Å². The minimum atomic E-state index is -4.81. The largest absolute Gasteiger partial charge is 0.573 e. The molecule has 4 rings (SSSR count). The quantitative estimate of drug-likeness (QED) is 0.604. The van der Waals surface area contributed by atoms with Gasteiger partial charge in [-0.2, -0.15) is 4.98 Å². The molecule has 1 amide bonds. The standard InChI is InChI=1S/C19H13F4N3O3/c20-13-4-6-14(7-5-13)26-10-12(9-16(26)27)17-24-18(29-25-17)11-2-1-3-15(8-11)28-19(21,22)23/h1-8,12H,9-10H2. The van der Waals surface area contributed by atoms with E-state index >= 15 is 0 Å². The summed E-state index contributed by atoms with van der Waals surface area (Å²) in [6.45, 7) is 0.278. The Bertz CT molecular complexity index is 1030. The van der Waals surface area contributed by atoms with Gasteiger partial charge in [0.05, 0.1) is 0 Å². The molecule has 0 saturated carbocycles. The van der Waals surface area contributed by atoms with E-state index in [-0.39, 0.29) is 42.1 Å². The fourth-order valence-corrected chi connectivity index (χ4v) is 3.10. The van der Waals surface area contributed by atoms with Crippen LogP contribution in [0.15, 0.2) is 53.1 Å². The van der Waals surface area contributed by atoms with Gasteiger partial charge >= 0.3 is 6.36 Å². The lowest BCUT2D eigenvalue weighted by Crippen LogP contribution is -2.24. The van der Waals surface area contributed by atoms with Crippen molar-refractivity contribution in [2.75, 3.05) is 11.4 Å². The smallest absolute Gasteiger partial charge is 0.406 e. The highest BCUT2D eigenvalue weighted by atomic mass is 19.4. The van der Waals surface area contributed by atoms with Gasteiger partial charge in [0.2, 0.25) is 5.91 Å². The lowest BCUT2D eigenvalue weighted by molar-refractivity contribution is -0.274. The van der Waals surface area contributed by atoms with E-state index < -0.39 is 17.9 Å². The van der Waals surface area contributed by atoms with E-state index in [1.165, 1.54) is 41.3 Å². The van der Waals surface area contributed by atoms with Gasteiger partial charge in [0.25, 0.3) is 5.89 Å². The Morgan fingerprint density at radius 2 is 1.90 bits per heavy atom. The van der Waals surface area contributed by atoms with Crippen molar-refractivity contribution in [2.24, 2.45) is 0 Å². The zero-order valence-electron chi connectivity index (χ0n) is 14.7. The van der Waals surface area contributed by atoms with Crippen molar-refractivity contribution in [3.63, 3.8) is 0 Å². The molecule has 1 aromatic heterocycles. The van der Waals surface area contributed by atoms with Crippen LogP contribution in [0.1, 0.15) is 18.2 Å². The number of hydrogen-bond donors (Lipinski definition) is 0. The van der Waals surface area contributed by atoms with Gasteiger partial charge < -0.3 is 14.2 Å². The van der Waals surface area contributed by atoms with Crippen LogP contribution in [-0.2, 0) is 4.79 Å². The third-order valence-electron chi connectivity index (χ3n) is 4.38. The first-order valence-electron chi connectivity index (χ1n) is 8.54. The van der Waals surface area contributed by atoms with Crippen molar-refractivity contribution in [1.82, 2.24) is 10.1 Å². The monoisotopic (exact) mass is 407 g/mol. The van der Waals surface area contributed by atoms with Crippen LogP contribution >= 0.6 is 0 Å². The predicted molar refractivity (Wildman–Crippen MR) is 92.5 cm³/mol. The van der Waals surface area contributed by atoms with Gasteiger partial charge in [-0.25, -0.2) is 4.39 Å². The molecule has 0 bridgehead atoms. The number of amides is 1. The molecule has 150 valence electrons. The molecule has 1 aliphatic rings. The van der Waals surface area contributed by atoms with E-state index in [2.05, 4.69) is 14.9 Å². The van der Waals surface area contributed by atoms with E-state index in [1.54, 1.807) is 0 Å². The second-order valence-electron chi connectivity index (χ2n) is 6.42. The fourth-order valence-electron chi connectivity index (χ4n) is 3.10. The van der Waals surface area contributed by atoms with Crippen LogP contribution in [0.3, 0.4) is 0 Å². The van der Waals surface area contributed by atoms with Crippen LogP contribution in [0.4, 0.5) is 23.2 Å². The Kier molecular flexibility index (Phi) is 4.69. The van der Waals surface area contributed by atoms with E-state index in [9.17, 15) is 22.4 Å². The lowest BCUT2D eigenvalue weighted by Gasteiger charge is -2.15. The van der Waals surface area contributed by atoms with Gasteiger partial charge in [-0.3, -0.25) is 4.79 Å². The number of anilines is 1. The highest BCUT2D eigenvalue weighted by molar-refractivity contribution is 5.96. The summed E-state index contributed by atoms with van der Waals surface area (Å²) in [6, 6.07) is 10.7. The third-order valence-corrected chi connectivity index (χ3v) is 4.38. The molecule has 6 nitrogen and oxygen atoms in total. The summed E-state index contributed by atoms with van der Waals surface area (Å²) >= 11 is 0. The molecule has 0 spiro atoms. The molecule has 1 unspecified atom stereocenters. The number of ether oxygens (including phenoxy) is 1. The van der Waals surface area contributed by atoms with Crippen LogP contribution in [0.5, 0.6) is 5.75 Å². The lowest BCUT2D eigenvalue weighted by atomic mass is 10.1. The van der Waals surface area contributed by atoms with Crippen molar-refractivity contribution >= 4 is 11.6 Å². The van der Waals surface area contributed by atoms with E-state index in [0.717, 1.165) is 12.1 Å². The summed E-state index contributed by atoms with van der Waals surface area (Å²) in [4.78, 5) is 18.0. The highest BCUT2D eigenvalue weighted by Gasteiger charge is 2.35. The number of carbonyl (C=O) groups excluding carboxylic acids is 1. The number of benzene rings is 2. The molecule has 2 aromatic carbocycles. The number of carbonyl (C=O) groups is 1. The number of rotatable bonds is 4. The van der Waals surface area contributed by atoms with Crippen LogP contribution in [0, 0.1) is 5.82 Å². The number of alkyl halides is 3. The molecule has 1 saturated heterocycles. The van der Waals surface area contributed by atoms with Gasteiger partial charge in [0.15, 0.2) is 5.82 Å². The average Bonchev–Trinajstić information content (AvgIpc) is 3.28. The summed E-state index contributed by atoms with van der Waals surface area (Å²) in [5, 5.41) is 3.87. The van der Waals surface area contributed by atoms with Crippen molar-refractivity contribution in [1.29, 1.82) is 0 Å². The topological polar surface area (TPSA) is 68.5 Å². The van der Waals surface area contributed by atoms with Crippen LogP contribution in [0.25, 0.3) is 11.5 Å². The summed E-state index contributed by atoms with van der Waals surface area (Å²) in [7, 11) is 0. The maximum atomic E-state index is 13.1. The first-order chi connectivity index (χ1) is 13.8. The highest BCUT2D eigenvalue weighted by Crippen LogP contribution is 2.32. The first kappa shape index (κ1) is 18.9. The molecular weight excluding hydrogens is 394 g/mol. The average molecular weight is 407 g/mol. The molecule has 0 radical (unpaired) electrons. The number of aromatic nitrogens is 2. The Hall–Kier alpha value is -3.43. The Morgan fingerprint density at radius 3 is 2.62 bits per heavy atom. The Labute approximate surface area is 161 Å². The molecule has 1 aliphatic heterocycles. The SMILES string of the molecule is O=C1CC(c2noc(-c3cccc(OC(F)(F)F)c3)n2)CN1c1ccc(F)cc1. The van der Waals surface area contributed by atoms with Crippen LogP contribution in [-0.4, -0.2) is 29.0 Å². The number of halogens is 4. The molecule has 10 heteroatoms. The zero-order chi connectivity index (χ0) is 20.6. The summed E-state index contributed by atoms with van der Waals surface area (Å²) in [5.74, 6) is -1.07. The third kappa shape index (κ3) is 4.20. The minimum absolute atomic E-state index is 0.0142. The minimum Gasteiger partial charge on any atom is -0.406 e. The van der Waals surface area contributed by atoms with Gasteiger partial charge in [-0.15, -0.1) is 13.2 Å². The summed E-state index contributed by atoms with van der Waals surface area (Å²) < 4.78 is 59.3. The molecule has 0 aliphatic carbocycles. The van der Waals surface area contributed by atoms with Crippen molar-refractivity contribution in [3.05, 3.63) is 60.2 Å².